The molecule has 8 heteroatoms. The molecule has 162 valence electrons. The van der Waals surface area contributed by atoms with Gasteiger partial charge in [0.25, 0.3) is 5.91 Å². The summed E-state index contributed by atoms with van der Waals surface area (Å²) < 4.78 is 1.83. The predicted octanol–water partition coefficient (Wildman–Crippen LogP) is 2.28. The van der Waals surface area contributed by atoms with Gasteiger partial charge in [-0.15, -0.1) is 10.2 Å². The predicted molar refractivity (Wildman–Crippen MR) is 115 cm³/mol. The monoisotopic (exact) mass is 414 g/mol. The van der Waals surface area contributed by atoms with E-state index in [4.69, 9.17) is 0 Å². The summed E-state index contributed by atoms with van der Waals surface area (Å²) in [4.78, 5) is 27.4. The molecule has 1 aliphatic rings. The molecule has 1 aromatic heterocycles. The third-order valence-electron chi connectivity index (χ3n) is 5.87. The van der Waals surface area contributed by atoms with Crippen molar-refractivity contribution in [3.63, 3.8) is 0 Å². The van der Waals surface area contributed by atoms with Crippen LogP contribution < -0.4 is 4.90 Å². The Hall–Kier alpha value is -2.74. The lowest BCUT2D eigenvalue weighted by atomic mass is 10.2. The summed E-state index contributed by atoms with van der Waals surface area (Å²) >= 11 is 0. The van der Waals surface area contributed by atoms with Gasteiger partial charge in [0, 0.05) is 18.4 Å². The van der Waals surface area contributed by atoms with Crippen LogP contribution in [0.2, 0.25) is 0 Å². The van der Waals surface area contributed by atoms with Crippen molar-refractivity contribution in [2.75, 3.05) is 32.7 Å². The van der Waals surface area contributed by atoms with Gasteiger partial charge in [-0.25, -0.2) is 0 Å². The smallest absolute Gasteiger partial charge is 0.283 e. The van der Waals surface area contributed by atoms with Crippen LogP contribution in [0.25, 0.3) is 10.9 Å². The molecule has 0 bridgehead atoms. The number of nitrogens with zero attached hydrogens (tertiary/aromatic N) is 4. The summed E-state index contributed by atoms with van der Waals surface area (Å²) in [6.07, 6.45) is 3.25. The minimum Gasteiger partial charge on any atom is -0.493 e. The number of aromatic nitrogens is 1. The molecule has 30 heavy (non-hydrogen) atoms. The second-order valence-electron chi connectivity index (χ2n) is 7.77. The van der Waals surface area contributed by atoms with E-state index in [1.165, 1.54) is 4.90 Å². The number of likely N-dealkylation sites (tertiary alicyclic amines) is 1. The van der Waals surface area contributed by atoms with Gasteiger partial charge in [-0.2, -0.15) is 0 Å². The number of quaternary nitrogens is 1. The van der Waals surface area contributed by atoms with E-state index in [1.807, 2.05) is 28.8 Å². The zero-order valence-electron chi connectivity index (χ0n) is 17.9. The Balaban J connectivity index is 1.79. The number of hydrogen-bond acceptors (Lipinski definition) is 4. The minimum atomic E-state index is -0.478. The Morgan fingerprint density at radius 3 is 2.70 bits per heavy atom. The first-order valence-corrected chi connectivity index (χ1v) is 10.9. The number of carbonyl (C=O) groups excluding carboxylic acids is 2. The molecule has 1 fully saturated rings. The molecule has 0 atom stereocenters. The second-order valence-corrected chi connectivity index (χ2v) is 7.77. The van der Waals surface area contributed by atoms with Crippen molar-refractivity contribution in [3.05, 3.63) is 24.3 Å². The highest BCUT2D eigenvalue weighted by atomic mass is 16.3. The zero-order chi connectivity index (χ0) is 21.5. The summed E-state index contributed by atoms with van der Waals surface area (Å²) in [5, 5.41) is 19.5. The highest BCUT2D eigenvalue weighted by Crippen LogP contribution is 2.38. The van der Waals surface area contributed by atoms with Crippen molar-refractivity contribution in [1.29, 1.82) is 0 Å². The molecule has 0 aliphatic carbocycles. The van der Waals surface area contributed by atoms with Crippen molar-refractivity contribution in [3.8, 4) is 5.88 Å². The minimum absolute atomic E-state index is 0.00518. The molecule has 1 aromatic carbocycles. The lowest BCUT2D eigenvalue weighted by Gasteiger charge is -2.17. The number of amides is 2. The summed E-state index contributed by atoms with van der Waals surface area (Å²) in [7, 11) is 0. The fourth-order valence-electron chi connectivity index (χ4n) is 3.98. The van der Waals surface area contributed by atoms with E-state index in [9.17, 15) is 14.7 Å². The van der Waals surface area contributed by atoms with E-state index < -0.39 is 5.91 Å². The fraction of sp³-hybridized carbons (Fsp3) is 0.545. The molecule has 2 heterocycles. The molecule has 0 spiro atoms. The Morgan fingerprint density at radius 1 is 1.17 bits per heavy atom. The Labute approximate surface area is 177 Å². The van der Waals surface area contributed by atoms with E-state index in [2.05, 4.69) is 24.1 Å². The lowest BCUT2D eigenvalue weighted by Crippen LogP contribution is -3.11. The molecule has 2 N–H and O–H groups in total. The molecule has 1 aliphatic heterocycles. The van der Waals surface area contributed by atoms with Gasteiger partial charge in [0.2, 0.25) is 11.8 Å². The van der Waals surface area contributed by atoms with Gasteiger partial charge in [-0.1, -0.05) is 24.6 Å². The van der Waals surface area contributed by atoms with Crippen LogP contribution >= 0.6 is 0 Å². The SMILES string of the molecule is CC[NH+](CC)CCn1c(O)c(N=NC(=O)CN2CCCCCC2=O)c2ccccc21. The van der Waals surface area contributed by atoms with Crippen LogP contribution in [0.15, 0.2) is 34.5 Å². The van der Waals surface area contributed by atoms with Gasteiger partial charge < -0.3 is 19.5 Å². The average molecular weight is 415 g/mol. The van der Waals surface area contributed by atoms with Crippen molar-refractivity contribution < 1.29 is 19.6 Å². The quantitative estimate of drug-likeness (QED) is 0.649. The Morgan fingerprint density at radius 2 is 1.93 bits per heavy atom. The first kappa shape index (κ1) is 22.0. The number of aromatic hydroxyl groups is 1. The van der Waals surface area contributed by atoms with E-state index in [0.717, 1.165) is 49.8 Å². The summed E-state index contributed by atoms with van der Waals surface area (Å²) in [5.74, 6) is -0.464. The van der Waals surface area contributed by atoms with E-state index in [-0.39, 0.29) is 18.3 Å². The number of carbonyl (C=O) groups is 2. The van der Waals surface area contributed by atoms with Crippen LogP contribution in [0.5, 0.6) is 5.88 Å². The first-order valence-electron chi connectivity index (χ1n) is 10.9. The molecule has 0 unspecified atom stereocenters. The zero-order valence-corrected chi connectivity index (χ0v) is 17.9. The fourth-order valence-corrected chi connectivity index (χ4v) is 3.98. The van der Waals surface area contributed by atoms with Crippen LogP contribution in [0.1, 0.15) is 39.5 Å². The summed E-state index contributed by atoms with van der Waals surface area (Å²) in [5.41, 5.74) is 1.17. The molecule has 0 radical (unpaired) electrons. The van der Waals surface area contributed by atoms with Crippen LogP contribution in [0.4, 0.5) is 5.69 Å². The lowest BCUT2D eigenvalue weighted by molar-refractivity contribution is -0.897. The molecular formula is C22H32N5O3+. The highest BCUT2D eigenvalue weighted by Gasteiger charge is 2.20. The number of azo groups is 1. The summed E-state index contributed by atoms with van der Waals surface area (Å²) in [6.45, 7) is 8.38. The van der Waals surface area contributed by atoms with E-state index >= 15 is 0 Å². The molecule has 1 saturated heterocycles. The average Bonchev–Trinajstić information content (AvgIpc) is 2.86. The number of rotatable bonds is 8. The standard InChI is InChI=1S/C22H31N5O3/c1-3-25(4-2)14-15-27-18-11-8-7-10-17(18)21(22(27)30)24-23-19(28)16-26-13-9-5-6-12-20(26)29/h7-8,10-11,30H,3-6,9,12-16H2,1-2H3/p+1. The second kappa shape index (κ2) is 10.3. The number of para-hydroxylation sites is 1. The van der Waals surface area contributed by atoms with Crippen LogP contribution in [0, 0.1) is 0 Å². The van der Waals surface area contributed by atoms with Gasteiger partial charge in [0.05, 0.1) is 31.7 Å². The molecular weight excluding hydrogens is 382 g/mol. The summed E-state index contributed by atoms with van der Waals surface area (Å²) in [6, 6.07) is 7.59. The third kappa shape index (κ3) is 5.05. The normalized spacial score (nSPS) is 15.4. The topological polar surface area (TPSA) is 91.7 Å². The third-order valence-corrected chi connectivity index (χ3v) is 5.87. The number of likely N-dealkylation sites (N-methyl/N-ethyl adjacent to an activating group) is 1. The number of hydrogen-bond donors (Lipinski definition) is 2. The van der Waals surface area contributed by atoms with Crippen LogP contribution in [-0.4, -0.2) is 59.1 Å². The van der Waals surface area contributed by atoms with Crippen molar-refractivity contribution in [2.24, 2.45) is 10.2 Å². The number of nitrogens with one attached hydrogen (secondary N) is 1. The maximum atomic E-state index is 12.3. The highest BCUT2D eigenvalue weighted by molar-refractivity contribution is 5.95. The van der Waals surface area contributed by atoms with Crippen molar-refractivity contribution >= 4 is 28.4 Å². The van der Waals surface area contributed by atoms with E-state index in [1.54, 1.807) is 4.90 Å². The molecule has 2 amide bonds. The van der Waals surface area contributed by atoms with Crippen molar-refractivity contribution in [2.45, 2.75) is 46.1 Å². The Bertz CT molecular complexity index is 917. The van der Waals surface area contributed by atoms with Gasteiger partial charge in [0.15, 0.2) is 5.69 Å². The van der Waals surface area contributed by atoms with Gasteiger partial charge >= 0.3 is 0 Å². The van der Waals surface area contributed by atoms with Gasteiger partial charge in [0.1, 0.15) is 6.54 Å². The van der Waals surface area contributed by atoms with E-state index in [0.29, 0.717) is 25.2 Å². The maximum absolute atomic E-state index is 12.3. The van der Waals surface area contributed by atoms with Gasteiger partial charge in [-0.3, -0.25) is 9.59 Å². The number of fused-ring (bicyclic) bond motifs is 1. The number of benzene rings is 1. The maximum Gasteiger partial charge on any atom is 0.283 e. The van der Waals surface area contributed by atoms with Crippen molar-refractivity contribution in [1.82, 2.24) is 9.47 Å². The molecule has 2 aromatic rings. The van der Waals surface area contributed by atoms with Crippen LogP contribution in [-0.2, 0) is 16.1 Å². The largest absolute Gasteiger partial charge is 0.493 e. The first-order chi connectivity index (χ1) is 14.5. The molecule has 8 nitrogen and oxygen atoms in total. The van der Waals surface area contributed by atoms with Gasteiger partial charge in [-0.05, 0) is 32.8 Å². The molecule has 3 rings (SSSR count). The molecule has 0 saturated carbocycles. The Kier molecular flexibility index (Phi) is 7.57. The van der Waals surface area contributed by atoms with Crippen LogP contribution in [0.3, 0.4) is 0 Å².